The zero-order chi connectivity index (χ0) is 22.9. The first-order valence-electron chi connectivity index (χ1n) is 11.8. The molecular formula is C27H34O5. The maximum Gasteiger partial charge on any atom is 0.338 e. The average Bonchev–Trinajstić information content (AvgIpc) is 3.24. The molecule has 2 aromatic rings. The van der Waals surface area contributed by atoms with E-state index in [-0.39, 0.29) is 17.8 Å². The highest BCUT2D eigenvalue weighted by atomic mass is 16.6. The Morgan fingerprint density at radius 2 is 1.84 bits per heavy atom. The number of hydrogen-bond donors (Lipinski definition) is 2. The Morgan fingerprint density at radius 1 is 1.12 bits per heavy atom. The largest absolute Gasteiger partial charge is 0.469 e. The Morgan fingerprint density at radius 3 is 2.56 bits per heavy atom. The molecule has 5 rings (SSSR count). The van der Waals surface area contributed by atoms with Crippen LogP contribution in [0.1, 0.15) is 74.6 Å². The molecule has 3 aliphatic carbocycles. The van der Waals surface area contributed by atoms with Crippen LogP contribution in [0.3, 0.4) is 0 Å². The smallest absolute Gasteiger partial charge is 0.338 e. The van der Waals surface area contributed by atoms with Crippen LogP contribution in [0.2, 0.25) is 0 Å². The van der Waals surface area contributed by atoms with Gasteiger partial charge in [-0.3, -0.25) is 0 Å². The minimum atomic E-state index is -1.37. The van der Waals surface area contributed by atoms with Crippen molar-refractivity contribution in [1.29, 1.82) is 0 Å². The molecule has 2 saturated carbocycles. The van der Waals surface area contributed by atoms with Crippen LogP contribution in [-0.4, -0.2) is 34.0 Å². The van der Waals surface area contributed by atoms with Crippen molar-refractivity contribution in [1.82, 2.24) is 0 Å². The van der Waals surface area contributed by atoms with Crippen LogP contribution in [0.15, 0.2) is 47.1 Å². The van der Waals surface area contributed by atoms with Gasteiger partial charge in [0.1, 0.15) is 11.4 Å². The van der Waals surface area contributed by atoms with E-state index in [0.717, 1.165) is 30.6 Å². The minimum Gasteiger partial charge on any atom is -0.469 e. The number of rotatable bonds is 2. The molecule has 0 bridgehead atoms. The first-order valence-corrected chi connectivity index (χ1v) is 11.8. The Labute approximate surface area is 189 Å². The molecule has 5 heteroatoms. The number of esters is 1. The van der Waals surface area contributed by atoms with Crippen LogP contribution in [-0.2, 0) is 11.2 Å². The van der Waals surface area contributed by atoms with Crippen LogP contribution in [0, 0.1) is 22.7 Å². The zero-order valence-electron chi connectivity index (χ0n) is 19.4. The summed E-state index contributed by atoms with van der Waals surface area (Å²) in [4.78, 5) is 13.1. The van der Waals surface area contributed by atoms with Crippen molar-refractivity contribution < 1.29 is 24.2 Å². The normalized spacial score (nSPS) is 40.0. The van der Waals surface area contributed by atoms with E-state index in [4.69, 9.17) is 9.15 Å². The standard InChI is InChI=1S/C27H34O5/c1-16-18-11-14-31-20(18)15-19-21(16)22(28)23(32-24(29)17-9-6-5-7-10-17)27(30)25(2,3)12-8-13-26(19,27)4/h5-7,9-11,14,16,19,21-23,28,30H,8,12-13,15H2,1-4H3/t16-,19-,21?,22+,23+,26+,27+/m0/s1. The fourth-order valence-corrected chi connectivity index (χ4v) is 7.59. The molecule has 1 aromatic heterocycles. The first kappa shape index (κ1) is 21.7. The van der Waals surface area contributed by atoms with Gasteiger partial charge in [0.2, 0.25) is 0 Å². The molecule has 172 valence electrons. The second kappa shape index (κ2) is 7.19. The predicted octanol–water partition coefficient (Wildman–Crippen LogP) is 4.72. The first-order chi connectivity index (χ1) is 15.1. The summed E-state index contributed by atoms with van der Waals surface area (Å²) in [6.45, 7) is 8.35. The van der Waals surface area contributed by atoms with Gasteiger partial charge in [-0.1, -0.05) is 52.3 Å². The Balaban J connectivity index is 1.63. The number of benzene rings is 1. The zero-order valence-corrected chi connectivity index (χ0v) is 19.4. The van der Waals surface area contributed by atoms with Gasteiger partial charge in [-0.05, 0) is 59.8 Å². The highest BCUT2D eigenvalue weighted by Gasteiger charge is 2.73. The third-order valence-electron chi connectivity index (χ3n) is 9.30. The summed E-state index contributed by atoms with van der Waals surface area (Å²) in [5.74, 6) is 0.396. The summed E-state index contributed by atoms with van der Waals surface area (Å²) in [5, 5.41) is 24.3. The van der Waals surface area contributed by atoms with Crippen LogP contribution in [0.4, 0.5) is 0 Å². The SMILES string of the molecule is C[C@H]1c2ccoc2C[C@H]2C1[C@@H](O)[C@@H](OC(=O)c1ccccc1)[C@@]1(O)C(C)(C)CCC[C@]21C. The summed E-state index contributed by atoms with van der Waals surface area (Å²) < 4.78 is 11.9. The molecule has 32 heavy (non-hydrogen) atoms. The van der Waals surface area contributed by atoms with E-state index >= 15 is 0 Å². The van der Waals surface area contributed by atoms with E-state index in [1.807, 2.05) is 26.0 Å². The van der Waals surface area contributed by atoms with Crippen molar-refractivity contribution in [3.63, 3.8) is 0 Å². The molecule has 0 radical (unpaired) electrons. The van der Waals surface area contributed by atoms with Crippen LogP contribution >= 0.6 is 0 Å². The maximum atomic E-state index is 13.1. The number of aliphatic hydroxyl groups is 2. The molecule has 5 nitrogen and oxygen atoms in total. The van der Waals surface area contributed by atoms with Gasteiger partial charge in [0.05, 0.1) is 17.9 Å². The fraction of sp³-hybridized carbons (Fsp3) is 0.593. The summed E-state index contributed by atoms with van der Waals surface area (Å²) >= 11 is 0. The number of furan rings is 1. The number of hydrogen-bond acceptors (Lipinski definition) is 5. The molecule has 1 unspecified atom stereocenters. The van der Waals surface area contributed by atoms with Crippen molar-refractivity contribution in [2.24, 2.45) is 22.7 Å². The summed E-state index contributed by atoms with van der Waals surface area (Å²) in [6, 6.07) is 10.8. The van der Waals surface area contributed by atoms with Gasteiger partial charge in [0.15, 0.2) is 6.10 Å². The number of ether oxygens (including phenoxy) is 1. The molecule has 0 amide bonds. The third kappa shape index (κ3) is 2.73. The van der Waals surface area contributed by atoms with Crippen molar-refractivity contribution in [3.05, 3.63) is 59.5 Å². The second-order valence-electron chi connectivity index (χ2n) is 11.1. The molecule has 0 spiro atoms. The number of fused-ring (bicyclic) bond motifs is 4. The predicted molar refractivity (Wildman–Crippen MR) is 120 cm³/mol. The highest BCUT2D eigenvalue weighted by molar-refractivity contribution is 5.89. The summed E-state index contributed by atoms with van der Waals surface area (Å²) in [5.41, 5.74) is -0.885. The number of carbonyl (C=O) groups is 1. The van der Waals surface area contributed by atoms with Crippen molar-refractivity contribution in [2.75, 3.05) is 0 Å². The Kier molecular flexibility index (Phi) is 4.88. The van der Waals surface area contributed by atoms with Crippen molar-refractivity contribution >= 4 is 5.97 Å². The van der Waals surface area contributed by atoms with Gasteiger partial charge in [0.25, 0.3) is 0 Å². The Hall–Kier alpha value is -2.11. The summed E-state index contributed by atoms with van der Waals surface area (Å²) in [7, 11) is 0. The third-order valence-corrected chi connectivity index (χ3v) is 9.30. The molecule has 2 N–H and O–H groups in total. The van der Waals surface area contributed by atoms with E-state index < -0.39 is 34.6 Å². The molecule has 7 atom stereocenters. The molecule has 0 aliphatic heterocycles. The number of carbonyl (C=O) groups excluding carboxylic acids is 1. The van der Waals surface area contributed by atoms with Gasteiger partial charge in [-0.25, -0.2) is 4.79 Å². The van der Waals surface area contributed by atoms with Gasteiger partial charge in [-0.15, -0.1) is 0 Å². The van der Waals surface area contributed by atoms with E-state index in [9.17, 15) is 15.0 Å². The topological polar surface area (TPSA) is 79.9 Å². The van der Waals surface area contributed by atoms with Crippen LogP contribution in [0.25, 0.3) is 0 Å². The van der Waals surface area contributed by atoms with Crippen LogP contribution in [0.5, 0.6) is 0 Å². The van der Waals surface area contributed by atoms with Gasteiger partial charge in [-0.2, -0.15) is 0 Å². The van der Waals surface area contributed by atoms with E-state index in [1.54, 1.807) is 30.5 Å². The van der Waals surface area contributed by atoms with E-state index in [0.29, 0.717) is 12.0 Å². The number of aliphatic hydroxyl groups excluding tert-OH is 1. The molecule has 2 fully saturated rings. The monoisotopic (exact) mass is 438 g/mol. The van der Waals surface area contributed by atoms with Gasteiger partial charge in [0, 0.05) is 11.8 Å². The van der Waals surface area contributed by atoms with Gasteiger partial charge >= 0.3 is 5.97 Å². The maximum absolute atomic E-state index is 13.1. The van der Waals surface area contributed by atoms with Crippen molar-refractivity contribution in [2.45, 2.75) is 77.1 Å². The molecule has 1 aromatic carbocycles. The quantitative estimate of drug-likeness (QED) is 0.663. The fourth-order valence-electron chi connectivity index (χ4n) is 7.59. The minimum absolute atomic E-state index is 0.0300. The highest BCUT2D eigenvalue weighted by Crippen LogP contribution is 2.67. The lowest BCUT2D eigenvalue weighted by Gasteiger charge is -2.68. The lowest BCUT2D eigenvalue weighted by molar-refractivity contribution is -0.312. The summed E-state index contributed by atoms with van der Waals surface area (Å²) in [6.07, 6.45) is 3.05. The van der Waals surface area contributed by atoms with Gasteiger partial charge < -0.3 is 19.4 Å². The lowest BCUT2D eigenvalue weighted by Crippen LogP contribution is -2.76. The second-order valence-corrected chi connectivity index (χ2v) is 11.1. The van der Waals surface area contributed by atoms with E-state index in [2.05, 4.69) is 13.8 Å². The molecule has 3 aliphatic rings. The van der Waals surface area contributed by atoms with Crippen LogP contribution < -0.4 is 0 Å². The van der Waals surface area contributed by atoms with E-state index in [1.165, 1.54) is 0 Å². The Bertz CT molecular complexity index is 1010. The molecule has 1 heterocycles. The average molecular weight is 439 g/mol. The lowest BCUT2D eigenvalue weighted by atomic mass is 9.40. The molecular weight excluding hydrogens is 404 g/mol. The molecule has 0 saturated heterocycles. The van der Waals surface area contributed by atoms with Crippen molar-refractivity contribution in [3.8, 4) is 0 Å².